The van der Waals surface area contributed by atoms with E-state index >= 15 is 0 Å². The lowest BCUT2D eigenvalue weighted by atomic mass is 10.1. The van der Waals surface area contributed by atoms with Crippen molar-refractivity contribution in [2.75, 3.05) is 33.4 Å². The molecule has 19 heavy (non-hydrogen) atoms. The van der Waals surface area contributed by atoms with Gasteiger partial charge in [-0.2, -0.15) is 0 Å². The number of thioether (sulfide) groups is 1. The van der Waals surface area contributed by atoms with Gasteiger partial charge in [0.15, 0.2) is 0 Å². The summed E-state index contributed by atoms with van der Waals surface area (Å²) in [4.78, 5) is 21.0. The van der Waals surface area contributed by atoms with E-state index < -0.39 is 0 Å². The van der Waals surface area contributed by atoms with Crippen LogP contribution in [0, 0.1) is 0 Å². The Hall–Kier alpha value is -0.590. The molecule has 4 nitrogen and oxygen atoms in total. The molecule has 6 heteroatoms. The molecule has 1 amide bonds. The second kappa shape index (κ2) is 6.72. The maximum absolute atomic E-state index is 12.4. The van der Waals surface area contributed by atoms with E-state index in [1.165, 1.54) is 6.42 Å². The van der Waals surface area contributed by atoms with Crippen molar-refractivity contribution < 1.29 is 4.79 Å². The summed E-state index contributed by atoms with van der Waals surface area (Å²) < 4.78 is 0.962. The van der Waals surface area contributed by atoms with Crippen LogP contribution in [0.4, 0.5) is 0 Å². The summed E-state index contributed by atoms with van der Waals surface area (Å²) in [6.07, 6.45) is 5.29. The summed E-state index contributed by atoms with van der Waals surface area (Å²) in [5.41, 5.74) is 0.609. The largest absolute Gasteiger partial charge is 0.337 e. The SMILES string of the molecule is CSc1nc(C(=O)N2CCCC(N(C)C)CC2)cs1. The summed E-state index contributed by atoms with van der Waals surface area (Å²) in [7, 11) is 4.24. The van der Waals surface area contributed by atoms with Crippen molar-refractivity contribution in [1.29, 1.82) is 0 Å². The lowest BCUT2D eigenvalue weighted by Gasteiger charge is -2.23. The lowest BCUT2D eigenvalue weighted by molar-refractivity contribution is 0.0753. The number of aromatic nitrogens is 1. The van der Waals surface area contributed by atoms with Crippen LogP contribution in [0.15, 0.2) is 9.72 Å². The summed E-state index contributed by atoms with van der Waals surface area (Å²) in [6, 6.07) is 0.593. The molecule has 0 bridgehead atoms. The Bertz CT molecular complexity index is 433. The van der Waals surface area contributed by atoms with Gasteiger partial charge in [0, 0.05) is 24.5 Å². The minimum Gasteiger partial charge on any atom is -0.337 e. The van der Waals surface area contributed by atoms with Crippen LogP contribution >= 0.6 is 23.1 Å². The molecule has 0 radical (unpaired) electrons. The second-order valence-corrected chi connectivity index (χ2v) is 6.95. The van der Waals surface area contributed by atoms with Crippen LogP contribution in [0.5, 0.6) is 0 Å². The Morgan fingerprint density at radius 2 is 2.26 bits per heavy atom. The van der Waals surface area contributed by atoms with Crippen molar-refractivity contribution in [3.63, 3.8) is 0 Å². The predicted molar refractivity (Wildman–Crippen MR) is 81.1 cm³/mol. The van der Waals surface area contributed by atoms with E-state index in [0.717, 1.165) is 30.3 Å². The Kier molecular flexibility index (Phi) is 5.24. The van der Waals surface area contributed by atoms with Crippen molar-refractivity contribution >= 4 is 29.0 Å². The molecule has 0 aliphatic carbocycles. The first-order valence-corrected chi connectivity index (χ1v) is 8.67. The monoisotopic (exact) mass is 299 g/mol. The molecule has 0 aromatic carbocycles. The Balaban J connectivity index is 1.99. The first-order valence-electron chi connectivity index (χ1n) is 6.57. The number of likely N-dealkylation sites (tertiary alicyclic amines) is 1. The van der Waals surface area contributed by atoms with Gasteiger partial charge in [-0.15, -0.1) is 11.3 Å². The first kappa shape index (κ1) is 14.8. The summed E-state index contributed by atoms with van der Waals surface area (Å²) in [5.74, 6) is 0.0935. The lowest BCUT2D eigenvalue weighted by Crippen LogP contribution is -2.34. The second-order valence-electron chi connectivity index (χ2n) is 5.04. The van der Waals surface area contributed by atoms with E-state index in [9.17, 15) is 4.79 Å². The van der Waals surface area contributed by atoms with Crippen LogP contribution in [0.1, 0.15) is 29.8 Å². The fourth-order valence-corrected chi connectivity index (χ4v) is 3.65. The molecule has 1 aromatic rings. The smallest absolute Gasteiger partial charge is 0.273 e. The van der Waals surface area contributed by atoms with Gasteiger partial charge in [0.05, 0.1) is 0 Å². The molecule has 0 N–H and O–H groups in total. The fourth-order valence-electron chi connectivity index (χ4n) is 2.41. The number of rotatable bonds is 3. The highest BCUT2D eigenvalue weighted by Gasteiger charge is 2.23. The number of amides is 1. The molecule has 1 aliphatic heterocycles. The van der Waals surface area contributed by atoms with Crippen LogP contribution < -0.4 is 0 Å². The zero-order valence-corrected chi connectivity index (χ0v) is 13.4. The van der Waals surface area contributed by atoms with Crippen molar-refractivity contribution in [1.82, 2.24) is 14.8 Å². The Labute approximate surface area is 123 Å². The number of thiazole rings is 1. The van der Waals surface area contributed by atoms with Crippen molar-refractivity contribution in [2.45, 2.75) is 29.6 Å². The summed E-state index contributed by atoms with van der Waals surface area (Å²) >= 11 is 3.14. The third kappa shape index (κ3) is 3.70. The van der Waals surface area contributed by atoms with Crippen molar-refractivity contribution in [3.8, 4) is 0 Å². The van der Waals surface area contributed by atoms with Crippen LogP contribution in [0.25, 0.3) is 0 Å². The molecule has 0 spiro atoms. The van der Waals surface area contributed by atoms with E-state index in [1.54, 1.807) is 23.1 Å². The summed E-state index contributed by atoms with van der Waals surface area (Å²) in [6.45, 7) is 1.70. The normalized spacial score (nSPS) is 20.6. The molecular formula is C13H21N3OS2. The quantitative estimate of drug-likeness (QED) is 0.803. The van der Waals surface area contributed by atoms with Gasteiger partial charge < -0.3 is 9.80 Å². The maximum atomic E-state index is 12.4. The van der Waals surface area contributed by atoms with Crippen LogP contribution in [-0.4, -0.2) is 60.2 Å². The van der Waals surface area contributed by atoms with E-state index in [2.05, 4.69) is 24.0 Å². The van der Waals surface area contributed by atoms with Gasteiger partial charge in [0.25, 0.3) is 5.91 Å². The molecule has 0 saturated carbocycles. The Morgan fingerprint density at radius 3 is 2.89 bits per heavy atom. The highest BCUT2D eigenvalue weighted by Crippen LogP contribution is 2.22. The number of carbonyl (C=O) groups is 1. The number of carbonyl (C=O) groups excluding carboxylic acids is 1. The minimum absolute atomic E-state index is 0.0935. The molecule has 1 aromatic heterocycles. The molecular weight excluding hydrogens is 278 g/mol. The zero-order valence-electron chi connectivity index (χ0n) is 11.8. The first-order chi connectivity index (χ1) is 9.11. The van der Waals surface area contributed by atoms with Gasteiger partial charge in [-0.3, -0.25) is 4.79 Å². The van der Waals surface area contributed by atoms with Crippen LogP contribution in [0.3, 0.4) is 0 Å². The van der Waals surface area contributed by atoms with Gasteiger partial charge >= 0.3 is 0 Å². The van der Waals surface area contributed by atoms with Gasteiger partial charge in [-0.1, -0.05) is 11.8 Å². The van der Waals surface area contributed by atoms with Crippen molar-refractivity contribution in [2.24, 2.45) is 0 Å². The molecule has 2 rings (SSSR count). The number of hydrogen-bond acceptors (Lipinski definition) is 5. The van der Waals surface area contributed by atoms with Crippen molar-refractivity contribution in [3.05, 3.63) is 11.1 Å². The predicted octanol–water partition coefficient (Wildman–Crippen LogP) is 2.42. The standard InChI is InChI=1S/C13H21N3OS2/c1-15(2)10-5-4-7-16(8-6-10)12(17)11-9-19-13(14-11)18-3/h9-10H,4-8H2,1-3H3. The Morgan fingerprint density at radius 1 is 1.47 bits per heavy atom. The zero-order chi connectivity index (χ0) is 13.8. The van der Waals surface area contributed by atoms with E-state index in [1.807, 2.05) is 16.5 Å². The van der Waals surface area contributed by atoms with E-state index in [0.29, 0.717) is 11.7 Å². The molecule has 1 fully saturated rings. The van der Waals surface area contributed by atoms with E-state index in [-0.39, 0.29) is 5.91 Å². The summed E-state index contributed by atoms with van der Waals surface area (Å²) in [5, 5.41) is 1.88. The average Bonchev–Trinajstić information content (AvgIpc) is 2.74. The van der Waals surface area contributed by atoms with Gasteiger partial charge in [0.1, 0.15) is 10.0 Å². The van der Waals surface area contributed by atoms with Crippen LogP contribution in [-0.2, 0) is 0 Å². The van der Waals surface area contributed by atoms with Gasteiger partial charge in [0.2, 0.25) is 0 Å². The van der Waals surface area contributed by atoms with Crippen LogP contribution in [0.2, 0.25) is 0 Å². The number of hydrogen-bond donors (Lipinski definition) is 0. The highest BCUT2D eigenvalue weighted by atomic mass is 32.2. The average molecular weight is 299 g/mol. The van der Waals surface area contributed by atoms with Gasteiger partial charge in [-0.05, 0) is 39.6 Å². The maximum Gasteiger partial charge on any atom is 0.273 e. The number of nitrogens with zero attached hydrogens (tertiary/aromatic N) is 3. The molecule has 1 aliphatic rings. The third-order valence-corrected chi connectivity index (χ3v) is 5.46. The topological polar surface area (TPSA) is 36.4 Å². The molecule has 106 valence electrons. The fraction of sp³-hybridized carbons (Fsp3) is 0.692. The molecule has 2 heterocycles. The third-order valence-electron chi connectivity index (χ3n) is 3.59. The van der Waals surface area contributed by atoms with Gasteiger partial charge in [-0.25, -0.2) is 4.98 Å². The molecule has 1 atom stereocenters. The molecule has 1 saturated heterocycles. The van der Waals surface area contributed by atoms with E-state index in [4.69, 9.17) is 0 Å². The highest BCUT2D eigenvalue weighted by molar-refractivity contribution is 8.00. The minimum atomic E-state index is 0.0935. The molecule has 1 unspecified atom stereocenters.